The van der Waals surface area contributed by atoms with E-state index in [0.717, 1.165) is 11.1 Å². The van der Waals surface area contributed by atoms with Crippen LogP contribution in [0, 0.1) is 5.82 Å². The Bertz CT molecular complexity index is 1140. The molecule has 0 spiro atoms. The Morgan fingerprint density at radius 3 is 2.39 bits per heavy atom. The van der Waals surface area contributed by atoms with Crippen molar-refractivity contribution in [2.45, 2.75) is 24.9 Å². The predicted molar refractivity (Wildman–Crippen MR) is 123 cm³/mol. The molecule has 2 fully saturated rings. The van der Waals surface area contributed by atoms with Gasteiger partial charge in [-0.15, -0.1) is 0 Å². The van der Waals surface area contributed by atoms with Crippen molar-refractivity contribution >= 4 is 17.6 Å². The van der Waals surface area contributed by atoms with Gasteiger partial charge in [0.2, 0.25) is 0 Å². The van der Waals surface area contributed by atoms with E-state index in [4.69, 9.17) is 0 Å². The third-order valence-corrected chi connectivity index (χ3v) is 6.58. The zero-order valence-corrected chi connectivity index (χ0v) is 18.2. The van der Waals surface area contributed by atoms with Gasteiger partial charge in [-0.05, 0) is 41.8 Å². The maximum absolute atomic E-state index is 13.9. The number of amides is 3. The summed E-state index contributed by atoms with van der Waals surface area (Å²) in [6.07, 6.45) is 4.16. The van der Waals surface area contributed by atoms with Gasteiger partial charge in [0.1, 0.15) is 11.4 Å². The molecule has 0 radical (unpaired) electrons. The zero-order valence-electron chi connectivity index (χ0n) is 18.2. The van der Waals surface area contributed by atoms with Crippen molar-refractivity contribution in [2.75, 3.05) is 24.5 Å². The molecule has 2 aromatic carbocycles. The lowest BCUT2D eigenvalue weighted by Crippen LogP contribution is -2.51. The molecule has 0 N–H and O–H groups in total. The van der Waals surface area contributed by atoms with Crippen LogP contribution in [0.15, 0.2) is 79.1 Å². The highest BCUT2D eigenvalue weighted by Gasteiger charge is 2.58. The van der Waals surface area contributed by atoms with E-state index >= 15 is 0 Å². The summed E-state index contributed by atoms with van der Waals surface area (Å²) < 4.78 is 13.3. The number of fused-ring (bicyclic) bond motifs is 1. The van der Waals surface area contributed by atoms with Crippen molar-refractivity contribution in [3.05, 3.63) is 96.1 Å². The first-order valence-electron chi connectivity index (χ1n) is 11.1. The van der Waals surface area contributed by atoms with Crippen LogP contribution in [0.2, 0.25) is 0 Å². The minimum absolute atomic E-state index is 0.201. The molecular weight excluding hydrogens is 419 g/mol. The van der Waals surface area contributed by atoms with Gasteiger partial charge in [-0.2, -0.15) is 0 Å². The number of pyridine rings is 1. The number of carbonyl (C=O) groups excluding carboxylic acids is 2. The van der Waals surface area contributed by atoms with Crippen LogP contribution in [0.3, 0.4) is 0 Å². The molecule has 3 amide bonds. The third kappa shape index (κ3) is 4.00. The lowest BCUT2D eigenvalue weighted by molar-refractivity contribution is -0.125. The molecule has 0 bridgehead atoms. The minimum atomic E-state index is -0.953. The average molecular weight is 445 g/mol. The van der Waals surface area contributed by atoms with Gasteiger partial charge in [-0.1, -0.05) is 42.5 Å². The van der Waals surface area contributed by atoms with E-state index in [1.807, 2.05) is 30.3 Å². The molecule has 2 aliphatic rings. The molecule has 168 valence electrons. The fourth-order valence-corrected chi connectivity index (χ4v) is 4.87. The van der Waals surface area contributed by atoms with Crippen LogP contribution < -0.4 is 4.90 Å². The van der Waals surface area contributed by atoms with Crippen LogP contribution in [-0.4, -0.2) is 51.9 Å². The summed E-state index contributed by atoms with van der Waals surface area (Å²) in [5, 5.41) is 0. The van der Waals surface area contributed by atoms with Crippen molar-refractivity contribution < 1.29 is 14.0 Å². The normalized spacial score (nSPS) is 21.2. The highest BCUT2D eigenvalue weighted by Crippen LogP contribution is 2.38. The van der Waals surface area contributed by atoms with Crippen LogP contribution in [0.4, 0.5) is 14.9 Å². The number of urea groups is 1. The fourth-order valence-electron chi connectivity index (χ4n) is 4.87. The lowest BCUT2D eigenvalue weighted by Gasteiger charge is -2.33. The molecule has 0 aliphatic carbocycles. The number of halogens is 1. The molecule has 1 atom stereocenters. The van der Waals surface area contributed by atoms with E-state index in [1.54, 1.807) is 41.6 Å². The molecule has 6 nitrogen and oxygen atoms in total. The molecule has 3 heterocycles. The Labute approximate surface area is 192 Å². The molecule has 33 heavy (non-hydrogen) atoms. The Morgan fingerprint density at radius 2 is 1.67 bits per heavy atom. The largest absolute Gasteiger partial charge is 0.332 e. The van der Waals surface area contributed by atoms with Crippen molar-refractivity contribution in [1.29, 1.82) is 0 Å². The molecule has 1 aromatic heterocycles. The fraction of sp³-hybridized carbons (Fsp3) is 0.269. The summed E-state index contributed by atoms with van der Waals surface area (Å²) in [5.74, 6) is -0.461. The number of hydrogen-bond donors (Lipinski definition) is 0. The maximum atomic E-state index is 13.9. The van der Waals surface area contributed by atoms with E-state index < -0.39 is 5.54 Å². The molecule has 5 rings (SSSR count). The second-order valence-corrected chi connectivity index (χ2v) is 8.63. The van der Waals surface area contributed by atoms with Gasteiger partial charge in [0.05, 0.1) is 11.9 Å². The topological polar surface area (TPSA) is 56.8 Å². The molecule has 2 saturated heterocycles. The second-order valence-electron chi connectivity index (χ2n) is 8.63. The molecule has 3 aromatic rings. The molecule has 2 aliphatic heterocycles. The van der Waals surface area contributed by atoms with Gasteiger partial charge in [0.15, 0.2) is 0 Å². The van der Waals surface area contributed by atoms with Crippen molar-refractivity contribution in [3.8, 4) is 0 Å². The summed E-state index contributed by atoms with van der Waals surface area (Å²) in [6.45, 7) is 2.37. The lowest BCUT2D eigenvalue weighted by atomic mass is 9.86. The maximum Gasteiger partial charge on any atom is 0.332 e. The average Bonchev–Trinajstić information content (AvgIpc) is 2.94. The summed E-state index contributed by atoms with van der Waals surface area (Å²) in [7, 11) is 0. The Hall–Kier alpha value is -3.58. The van der Waals surface area contributed by atoms with Crippen LogP contribution in [0.25, 0.3) is 0 Å². The highest BCUT2D eigenvalue weighted by molar-refractivity contribution is 6.23. The van der Waals surface area contributed by atoms with Crippen LogP contribution in [0.5, 0.6) is 0 Å². The minimum Gasteiger partial charge on any atom is -0.308 e. The quantitative estimate of drug-likeness (QED) is 0.561. The van der Waals surface area contributed by atoms with Gasteiger partial charge in [-0.25, -0.2) is 14.1 Å². The number of benzene rings is 2. The van der Waals surface area contributed by atoms with Crippen molar-refractivity contribution in [1.82, 2.24) is 14.8 Å². The Morgan fingerprint density at radius 1 is 0.879 bits per heavy atom. The highest BCUT2D eigenvalue weighted by atomic mass is 19.1. The van der Waals surface area contributed by atoms with Crippen molar-refractivity contribution in [3.63, 3.8) is 0 Å². The first kappa shape index (κ1) is 21.3. The number of hydrogen-bond acceptors (Lipinski definition) is 4. The molecule has 7 heteroatoms. The van der Waals surface area contributed by atoms with Crippen LogP contribution in [-0.2, 0) is 17.8 Å². The van der Waals surface area contributed by atoms with Crippen LogP contribution in [0.1, 0.15) is 17.5 Å². The standard InChI is InChI=1S/C26H25FN4O2/c27-22-10-8-21(9-11-22)19-29-14-12-26(17-20-5-2-1-3-6-20)24(32)31(23-7-4-13-28-18-23)25(33)30(26)16-15-29/h1-11,13,18H,12,14-17,19H2. The third-order valence-electron chi connectivity index (χ3n) is 6.58. The number of nitrogens with zero attached hydrogens (tertiary/aromatic N) is 4. The molecular formula is C26H25FN4O2. The summed E-state index contributed by atoms with van der Waals surface area (Å²) in [6, 6.07) is 19.5. The SMILES string of the molecule is O=C1N(c2cccnc2)C(=O)C2(Cc3ccccc3)CCN(Cc3ccc(F)cc3)CCN12. The van der Waals surface area contributed by atoms with Gasteiger partial charge < -0.3 is 4.90 Å². The summed E-state index contributed by atoms with van der Waals surface area (Å²) in [5.41, 5.74) is 1.57. The Kier molecular flexibility index (Phi) is 5.64. The van der Waals surface area contributed by atoms with E-state index in [2.05, 4.69) is 9.88 Å². The first-order valence-corrected chi connectivity index (χ1v) is 11.1. The van der Waals surface area contributed by atoms with Crippen molar-refractivity contribution in [2.24, 2.45) is 0 Å². The Balaban J connectivity index is 1.46. The number of rotatable bonds is 5. The number of imide groups is 1. The predicted octanol–water partition coefficient (Wildman–Crippen LogP) is 3.88. The van der Waals surface area contributed by atoms with Gasteiger partial charge >= 0.3 is 6.03 Å². The van der Waals surface area contributed by atoms with Gasteiger partial charge in [0.25, 0.3) is 5.91 Å². The zero-order chi connectivity index (χ0) is 22.8. The van der Waals surface area contributed by atoms with Gasteiger partial charge in [-0.3, -0.25) is 14.7 Å². The molecule has 1 unspecified atom stereocenters. The van der Waals surface area contributed by atoms with E-state index in [9.17, 15) is 14.0 Å². The monoisotopic (exact) mass is 444 g/mol. The smallest absolute Gasteiger partial charge is 0.308 e. The first-order chi connectivity index (χ1) is 16.1. The number of anilines is 1. The van der Waals surface area contributed by atoms with E-state index in [0.29, 0.717) is 44.7 Å². The number of aromatic nitrogens is 1. The second kappa shape index (κ2) is 8.75. The van der Waals surface area contributed by atoms with Gasteiger partial charge in [0, 0.05) is 38.8 Å². The summed E-state index contributed by atoms with van der Waals surface area (Å²) >= 11 is 0. The number of carbonyl (C=O) groups is 2. The van der Waals surface area contributed by atoms with Crippen LogP contribution >= 0.6 is 0 Å². The molecule has 0 saturated carbocycles. The van der Waals surface area contributed by atoms with E-state index in [-0.39, 0.29) is 17.8 Å². The summed E-state index contributed by atoms with van der Waals surface area (Å²) in [4.78, 5) is 36.8. The van der Waals surface area contributed by atoms with E-state index in [1.165, 1.54) is 17.0 Å².